The fourth-order valence-corrected chi connectivity index (χ4v) is 4.35. The highest BCUT2D eigenvalue weighted by molar-refractivity contribution is 7.92. The van der Waals surface area contributed by atoms with E-state index in [1.165, 1.54) is 36.4 Å². The molecule has 0 aromatic heterocycles. The van der Waals surface area contributed by atoms with Crippen molar-refractivity contribution in [3.05, 3.63) is 58.1 Å². The van der Waals surface area contributed by atoms with Crippen LogP contribution < -0.4 is 4.72 Å². The van der Waals surface area contributed by atoms with Crippen LogP contribution in [-0.2, 0) is 25.6 Å². The third kappa shape index (κ3) is 4.86. The van der Waals surface area contributed by atoms with Crippen LogP contribution in [0.3, 0.4) is 0 Å². The lowest BCUT2D eigenvalue weighted by atomic mass is 10.2. The first-order valence-electron chi connectivity index (χ1n) is 6.90. The fraction of sp³-hybridized carbons (Fsp3) is 0.200. The molecule has 130 valence electrons. The van der Waals surface area contributed by atoms with Crippen molar-refractivity contribution in [3.8, 4) is 0 Å². The molecule has 0 radical (unpaired) electrons. The summed E-state index contributed by atoms with van der Waals surface area (Å²) in [6.45, 7) is 1.54. The number of halogens is 2. The molecule has 0 amide bonds. The van der Waals surface area contributed by atoms with Crippen molar-refractivity contribution in [3.63, 3.8) is 0 Å². The molecule has 2 aromatic carbocycles. The molecule has 0 unspecified atom stereocenters. The summed E-state index contributed by atoms with van der Waals surface area (Å²) in [5, 5.41) is 0.622. The van der Waals surface area contributed by atoms with Crippen LogP contribution in [0.2, 0.25) is 10.0 Å². The van der Waals surface area contributed by atoms with E-state index in [1.807, 2.05) is 0 Å². The van der Waals surface area contributed by atoms with Crippen LogP contribution in [0.5, 0.6) is 0 Å². The largest absolute Gasteiger partial charge is 0.283 e. The number of sulfone groups is 1. The molecular weight excluding hydrogens is 393 g/mol. The number of sulfonamides is 1. The summed E-state index contributed by atoms with van der Waals surface area (Å²) in [4.78, 5) is 0.150. The Hall–Kier alpha value is -1.28. The van der Waals surface area contributed by atoms with Gasteiger partial charge in [0, 0.05) is 5.69 Å². The summed E-state index contributed by atoms with van der Waals surface area (Å²) >= 11 is 11.7. The molecule has 0 aliphatic heterocycles. The van der Waals surface area contributed by atoms with E-state index < -0.39 is 19.9 Å². The van der Waals surface area contributed by atoms with Gasteiger partial charge in [-0.1, -0.05) is 36.2 Å². The second-order valence-electron chi connectivity index (χ2n) is 5.04. The molecule has 0 saturated heterocycles. The molecular formula is C15H15Cl2NO4S2. The molecule has 0 atom stereocenters. The van der Waals surface area contributed by atoms with Gasteiger partial charge in [0.1, 0.15) is 0 Å². The SMILES string of the molecule is CCS(=O)(=O)c1ccc(NS(=O)(=O)Cc2ccc(Cl)c(Cl)c2)cc1. The topological polar surface area (TPSA) is 80.3 Å². The lowest BCUT2D eigenvalue weighted by Gasteiger charge is -2.09. The minimum Gasteiger partial charge on any atom is -0.283 e. The first-order chi connectivity index (χ1) is 11.1. The highest BCUT2D eigenvalue weighted by Crippen LogP contribution is 2.24. The van der Waals surface area contributed by atoms with E-state index in [2.05, 4.69) is 4.72 Å². The van der Waals surface area contributed by atoms with Crippen LogP contribution in [0.1, 0.15) is 12.5 Å². The van der Waals surface area contributed by atoms with E-state index in [9.17, 15) is 16.8 Å². The van der Waals surface area contributed by atoms with Crippen LogP contribution in [0.15, 0.2) is 47.4 Å². The zero-order chi connectivity index (χ0) is 18.0. The first kappa shape index (κ1) is 19.1. The number of hydrogen-bond acceptors (Lipinski definition) is 4. The molecule has 5 nitrogen and oxygen atoms in total. The zero-order valence-corrected chi connectivity index (χ0v) is 15.8. The van der Waals surface area contributed by atoms with Gasteiger partial charge in [-0.2, -0.15) is 0 Å². The van der Waals surface area contributed by atoms with Gasteiger partial charge in [-0.3, -0.25) is 4.72 Å². The van der Waals surface area contributed by atoms with Gasteiger partial charge in [0.25, 0.3) is 0 Å². The van der Waals surface area contributed by atoms with Crippen LogP contribution in [0, 0.1) is 0 Å². The summed E-state index contributed by atoms with van der Waals surface area (Å²) < 4.78 is 50.3. The fourth-order valence-electron chi connectivity index (χ4n) is 1.96. The van der Waals surface area contributed by atoms with Crippen LogP contribution in [-0.4, -0.2) is 22.6 Å². The molecule has 0 fully saturated rings. The van der Waals surface area contributed by atoms with Gasteiger partial charge >= 0.3 is 0 Å². The molecule has 9 heteroatoms. The Labute approximate surface area is 151 Å². The molecule has 0 bridgehead atoms. The highest BCUT2D eigenvalue weighted by Gasteiger charge is 2.15. The lowest BCUT2D eigenvalue weighted by Crippen LogP contribution is -2.15. The third-order valence-electron chi connectivity index (χ3n) is 3.21. The first-order valence-corrected chi connectivity index (χ1v) is 11.0. The van der Waals surface area contributed by atoms with Crippen LogP contribution >= 0.6 is 23.2 Å². The Morgan fingerprint density at radius 1 is 0.917 bits per heavy atom. The molecule has 1 N–H and O–H groups in total. The molecule has 0 heterocycles. The average Bonchev–Trinajstić information content (AvgIpc) is 2.51. The number of rotatable bonds is 6. The van der Waals surface area contributed by atoms with Crippen molar-refractivity contribution < 1.29 is 16.8 Å². The van der Waals surface area contributed by atoms with Gasteiger partial charge in [0.15, 0.2) is 9.84 Å². The number of nitrogens with one attached hydrogen (secondary N) is 1. The molecule has 2 rings (SSSR count). The second kappa shape index (κ2) is 7.31. The predicted molar refractivity (Wildman–Crippen MR) is 96.9 cm³/mol. The summed E-state index contributed by atoms with van der Waals surface area (Å²) in [6.07, 6.45) is 0. The van der Waals surface area contributed by atoms with Gasteiger partial charge in [-0.05, 0) is 42.0 Å². The Morgan fingerprint density at radius 2 is 1.54 bits per heavy atom. The molecule has 0 spiro atoms. The Bertz CT molecular complexity index is 940. The summed E-state index contributed by atoms with van der Waals surface area (Å²) in [5.41, 5.74) is 0.771. The molecule has 0 aliphatic rings. The van der Waals surface area contributed by atoms with E-state index in [1.54, 1.807) is 13.0 Å². The smallest absolute Gasteiger partial charge is 0.236 e. The van der Waals surface area contributed by atoms with E-state index in [-0.39, 0.29) is 27.1 Å². The predicted octanol–water partition coefficient (Wildman–Crippen LogP) is 3.73. The molecule has 24 heavy (non-hydrogen) atoms. The molecule has 0 aliphatic carbocycles. The summed E-state index contributed by atoms with van der Waals surface area (Å²) in [6, 6.07) is 10.2. The lowest BCUT2D eigenvalue weighted by molar-refractivity contribution is 0.597. The number of hydrogen-bond donors (Lipinski definition) is 1. The van der Waals surface area contributed by atoms with Crippen molar-refractivity contribution in [1.82, 2.24) is 0 Å². The van der Waals surface area contributed by atoms with Crippen molar-refractivity contribution >= 4 is 48.7 Å². The highest BCUT2D eigenvalue weighted by atomic mass is 35.5. The number of anilines is 1. The van der Waals surface area contributed by atoms with Crippen molar-refractivity contribution in [2.75, 3.05) is 10.5 Å². The van der Waals surface area contributed by atoms with Crippen molar-refractivity contribution in [2.45, 2.75) is 17.6 Å². The van der Waals surface area contributed by atoms with E-state index >= 15 is 0 Å². The van der Waals surface area contributed by atoms with E-state index in [0.29, 0.717) is 10.6 Å². The third-order valence-corrected chi connectivity index (χ3v) is 6.96. The summed E-state index contributed by atoms with van der Waals surface area (Å²) in [5.74, 6) is -0.297. The minimum absolute atomic E-state index is 0.0185. The summed E-state index contributed by atoms with van der Waals surface area (Å²) in [7, 11) is -6.99. The quantitative estimate of drug-likeness (QED) is 0.790. The Kier molecular flexibility index (Phi) is 5.80. The normalized spacial score (nSPS) is 12.1. The second-order valence-corrected chi connectivity index (χ2v) is 9.85. The maximum Gasteiger partial charge on any atom is 0.236 e. The van der Waals surface area contributed by atoms with E-state index in [4.69, 9.17) is 23.2 Å². The maximum absolute atomic E-state index is 12.2. The van der Waals surface area contributed by atoms with Gasteiger partial charge in [0.05, 0.1) is 26.4 Å². The molecule has 2 aromatic rings. The van der Waals surface area contributed by atoms with Crippen LogP contribution in [0.4, 0.5) is 5.69 Å². The monoisotopic (exact) mass is 407 g/mol. The van der Waals surface area contributed by atoms with Gasteiger partial charge in [-0.15, -0.1) is 0 Å². The van der Waals surface area contributed by atoms with Crippen LogP contribution in [0.25, 0.3) is 0 Å². The average molecular weight is 408 g/mol. The standard InChI is InChI=1S/C15H15Cl2NO4S2/c1-2-23(19,20)13-6-4-12(5-7-13)18-24(21,22)10-11-3-8-14(16)15(17)9-11/h3-9,18H,2,10H2,1H3. The van der Waals surface area contributed by atoms with Crippen molar-refractivity contribution in [2.24, 2.45) is 0 Å². The van der Waals surface area contributed by atoms with E-state index in [0.717, 1.165) is 0 Å². The van der Waals surface area contributed by atoms with Gasteiger partial charge in [0.2, 0.25) is 10.0 Å². The number of benzene rings is 2. The Morgan fingerprint density at radius 3 is 2.08 bits per heavy atom. The van der Waals surface area contributed by atoms with Crippen molar-refractivity contribution in [1.29, 1.82) is 0 Å². The van der Waals surface area contributed by atoms with Gasteiger partial charge < -0.3 is 0 Å². The zero-order valence-electron chi connectivity index (χ0n) is 12.7. The Balaban J connectivity index is 2.15. The van der Waals surface area contributed by atoms with Gasteiger partial charge in [-0.25, -0.2) is 16.8 Å². The maximum atomic E-state index is 12.2. The molecule has 0 saturated carbocycles. The minimum atomic E-state index is -3.67.